The van der Waals surface area contributed by atoms with E-state index in [9.17, 15) is 0 Å². The molecule has 2 unspecified atom stereocenters. The molecule has 0 bridgehead atoms. The zero-order valence-corrected chi connectivity index (χ0v) is 10.2. The van der Waals surface area contributed by atoms with Crippen molar-refractivity contribution in [3.8, 4) is 0 Å². The lowest BCUT2D eigenvalue weighted by Crippen LogP contribution is -2.05. The minimum Gasteiger partial charge on any atom is -0.145 e. The van der Waals surface area contributed by atoms with E-state index >= 15 is 0 Å². The Morgan fingerprint density at radius 3 is 2.50 bits per heavy atom. The van der Waals surface area contributed by atoms with Crippen molar-refractivity contribution in [1.29, 1.82) is 0 Å². The molecule has 0 aromatic carbocycles. The van der Waals surface area contributed by atoms with Crippen molar-refractivity contribution in [2.45, 2.75) is 26.7 Å². The summed E-state index contributed by atoms with van der Waals surface area (Å²) < 4.78 is 0. The van der Waals surface area contributed by atoms with Gasteiger partial charge in [0.1, 0.15) is 0 Å². The molecule has 12 heavy (non-hydrogen) atoms. The van der Waals surface area contributed by atoms with Gasteiger partial charge in [-0.25, -0.2) is 0 Å². The minimum atomic E-state index is 0.683. The van der Waals surface area contributed by atoms with Crippen molar-refractivity contribution in [2.24, 2.45) is 5.92 Å². The molecule has 0 saturated carbocycles. The zero-order valence-electron chi connectivity index (χ0n) is 7.80. The fourth-order valence-electron chi connectivity index (χ4n) is 1.11. The molecule has 1 rings (SSSR count). The lowest BCUT2D eigenvalue weighted by atomic mass is 9.97. The van der Waals surface area contributed by atoms with Crippen LogP contribution in [0, 0.1) is 12.8 Å². The van der Waals surface area contributed by atoms with Gasteiger partial charge in [-0.1, -0.05) is 29.8 Å². The molecule has 1 aromatic heterocycles. The van der Waals surface area contributed by atoms with Crippen LogP contribution in [-0.2, 0) is 0 Å². The Morgan fingerprint density at radius 2 is 2.08 bits per heavy atom. The standard InChI is InChI=1S/C10H15BrS/c1-7(6-11)9(3)10-5-4-8(2)12-10/h4-5,7,9H,6H2,1-3H3. The van der Waals surface area contributed by atoms with Gasteiger partial charge in [0, 0.05) is 15.1 Å². The first kappa shape index (κ1) is 10.3. The number of alkyl halides is 1. The Labute approximate surface area is 87.1 Å². The van der Waals surface area contributed by atoms with Crippen molar-refractivity contribution in [3.05, 3.63) is 21.9 Å². The molecular weight excluding hydrogens is 232 g/mol. The molecule has 2 heteroatoms. The number of thiophene rings is 1. The predicted octanol–water partition coefficient (Wildman–Crippen LogP) is 4.19. The Kier molecular flexibility index (Phi) is 3.78. The van der Waals surface area contributed by atoms with Crippen LogP contribution in [-0.4, -0.2) is 5.33 Å². The van der Waals surface area contributed by atoms with Gasteiger partial charge < -0.3 is 0 Å². The first-order valence-corrected chi connectivity index (χ1v) is 6.21. The first-order chi connectivity index (χ1) is 5.65. The van der Waals surface area contributed by atoms with Gasteiger partial charge in [-0.05, 0) is 30.9 Å². The molecule has 0 fully saturated rings. The van der Waals surface area contributed by atoms with Gasteiger partial charge in [0.05, 0.1) is 0 Å². The van der Waals surface area contributed by atoms with Crippen LogP contribution < -0.4 is 0 Å². The van der Waals surface area contributed by atoms with E-state index in [1.54, 1.807) is 0 Å². The SMILES string of the molecule is Cc1ccc(C(C)C(C)CBr)s1. The average molecular weight is 247 g/mol. The van der Waals surface area contributed by atoms with E-state index < -0.39 is 0 Å². The topological polar surface area (TPSA) is 0 Å². The van der Waals surface area contributed by atoms with Crippen LogP contribution in [0.25, 0.3) is 0 Å². The zero-order chi connectivity index (χ0) is 9.14. The Hall–Kier alpha value is 0.180. The molecule has 68 valence electrons. The summed E-state index contributed by atoms with van der Waals surface area (Å²) in [5.74, 6) is 1.41. The van der Waals surface area contributed by atoms with Crippen molar-refractivity contribution in [3.63, 3.8) is 0 Å². The Balaban J connectivity index is 2.70. The third-order valence-corrected chi connectivity index (χ3v) is 4.53. The normalized spacial score (nSPS) is 16.0. The molecule has 0 radical (unpaired) electrons. The van der Waals surface area contributed by atoms with Crippen molar-refractivity contribution >= 4 is 27.3 Å². The number of hydrogen-bond acceptors (Lipinski definition) is 1. The van der Waals surface area contributed by atoms with Gasteiger partial charge >= 0.3 is 0 Å². The van der Waals surface area contributed by atoms with E-state index in [0.717, 1.165) is 11.2 Å². The average Bonchev–Trinajstić information content (AvgIpc) is 2.49. The molecule has 0 nitrogen and oxygen atoms in total. The minimum absolute atomic E-state index is 0.683. The molecule has 2 atom stereocenters. The highest BCUT2D eigenvalue weighted by atomic mass is 79.9. The van der Waals surface area contributed by atoms with Gasteiger partial charge in [-0.2, -0.15) is 0 Å². The van der Waals surface area contributed by atoms with E-state index in [1.165, 1.54) is 9.75 Å². The molecule has 0 aliphatic carbocycles. The summed E-state index contributed by atoms with van der Waals surface area (Å²) in [6.45, 7) is 6.76. The predicted molar refractivity (Wildman–Crippen MR) is 60.4 cm³/mol. The van der Waals surface area contributed by atoms with Crippen molar-refractivity contribution in [1.82, 2.24) is 0 Å². The monoisotopic (exact) mass is 246 g/mol. The smallest absolute Gasteiger partial charge is 0.00792 e. The van der Waals surface area contributed by atoms with Crippen LogP contribution in [0.4, 0.5) is 0 Å². The number of rotatable bonds is 3. The van der Waals surface area contributed by atoms with Gasteiger partial charge in [0.2, 0.25) is 0 Å². The van der Waals surface area contributed by atoms with Crippen LogP contribution in [0.15, 0.2) is 12.1 Å². The van der Waals surface area contributed by atoms with E-state index in [0.29, 0.717) is 5.92 Å². The number of aryl methyl sites for hydroxylation is 1. The van der Waals surface area contributed by atoms with Crippen molar-refractivity contribution in [2.75, 3.05) is 5.33 Å². The third kappa shape index (κ3) is 2.33. The second-order valence-corrected chi connectivity index (χ2v) is 5.34. The van der Waals surface area contributed by atoms with Crippen LogP contribution in [0.3, 0.4) is 0 Å². The fraction of sp³-hybridized carbons (Fsp3) is 0.600. The summed E-state index contributed by atoms with van der Waals surface area (Å²) in [6.07, 6.45) is 0. The Bertz CT molecular complexity index is 242. The largest absolute Gasteiger partial charge is 0.145 e. The molecule has 0 spiro atoms. The maximum Gasteiger partial charge on any atom is 0.00792 e. The molecule has 1 heterocycles. The van der Waals surface area contributed by atoms with Gasteiger partial charge in [-0.15, -0.1) is 11.3 Å². The summed E-state index contributed by atoms with van der Waals surface area (Å²) in [5, 5.41) is 1.09. The summed E-state index contributed by atoms with van der Waals surface area (Å²) in [6, 6.07) is 4.46. The molecule has 0 saturated heterocycles. The third-order valence-electron chi connectivity index (χ3n) is 2.31. The second kappa shape index (κ2) is 4.43. The van der Waals surface area contributed by atoms with E-state index in [2.05, 4.69) is 48.8 Å². The molecule has 0 aliphatic rings. The fourth-order valence-corrected chi connectivity index (χ4v) is 2.74. The van der Waals surface area contributed by atoms with E-state index in [-0.39, 0.29) is 0 Å². The summed E-state index contributed by atoms with van der Waals surface area (Å²) >= 11 is 5.44. The highest BCUT2D eigenvalue weighted by Gasteiger charge is 2.14. The number of hydrogen-bond donors (Lipinski definition) is 0. The van der Waals surface area contributed by atoms with Gasteiger partial charge in [0.25, 0.3) is 0 Å². The molecular formula is C10H15BrS. The van der Waals surface area contributed by atoms with E-state index in [1.807, 2.05) is 11.3 Å². The quantitative estimate of drug-likeness (QED) is 0.702. The van der Waals surface area contributed by atoms with Gasteiger partial charge in [0.15, 0.2) is 0 Å². The molecule has 0 N–H and O–H groups in total. The van der Waals surface area contributed by atoms with Crippen LogP contribution in [0.5, 0.6) is 0 Å². The highest BCUT2D eigenvalue weighted by Crippen LogP contribution is 2.30. The lowest BCUT2D eigenvalue weighted by molar-refractivity contribution is 0.555. The lowest BCUT2D eigenvalue weighted by Gasteiger charge is -2.15. The molecule has 0 aliphatic heterocycles. The molecule has 0 amide bonds. The summed E-state index contributed by atoms with van der Waals surface area (Å²) in [5.41, 5.74) is 0. The maximum absolute atomic E-state index is 3.52. The molecule has 1 aromatic rings. The van der Waals surface area contributed by atoms with Crippen LogP contribution >= 0.6 is 27.3 Å². The summed E-state index contributed by atoms with van der Waals surface area (Å²) in [7, 11) is 0. The van der Waals surface area contributed by atoms with Crippen LogP contribution in [0.1, 0.15) is 29.5 Å². The maximum atomic E-state index is 3.52. The van der Waals surface area contributed by atoms with E-state index in [4.69, 9.17) is 0 Å². The summed E-state index contributed by atoms with van der Waals surface area (Å²) in [4.78, 5) is 2.93. The van der Waals surface area contributed by atoms with Crippen molar-refractivity contribution < 1.29 is 0 Å². The first-order valence-electron chi connectivity index (χ1n) is 4.27. The second-order valence-electron chi connectivity index (χ2n) is 3.37. The van der Waals surface area contributed by atoms with Crippen LogP contribution in [0.2, 0.25) is 0 Å². The number of halogens is 1. The van der Waals surface area contributed by atoms with Gasteiger partial charge in [-0.3, -0.25) is 0 Å². The highest BCUT2D eigenvalue weighted by molar-refractivity contribution is 9.09. The Morgan fingerprint density at radius 1 is 1.42 bits per heavy atom.